The number of guanidine groups is 1. The summed E-state index contributed by atoms with van der Waals surface area (Å²) in [7, 11) is 1.62. The minimum atomic E-state index is -0.601. The molecule has 1 aromatic carbocycles. The fourth-order valence-electron chi connectivity index (χ4n) is 3.73. The molecule has 1 aromatic rings. The first-order valence-electron chi connectivity index (χ1n) is 9.04. The maximum Gasteiger partial charge on any atom is 0.338 e. The molecule has 3 aliphatic rings. The molecule has 0 spiro atoms. The predicted molar refractivity (Wildman–Crippen MR) is 101 cm³/mol. The van der Waals surface area contributed by atoms with Crippen LogP contribution in [0.5, 0.6) is 0 Å². The molecule has 0 saturated carbocycles. The van der Waals surface area contributed by atoms with E-state index in [1.165, 1.54) is 4.90 Å². The second-order valence-corrected chi connectivity index (χ2v) is 6.84. The highest BCUT2D eigenvalue weighted by Crippen LogP contribution is 2.38. The first-order chi connectivity index (χ1) is 13.3. The first kappa shape index (κ1) is 18.0. The number of nitrogens with zero attached hydrogens (tertiary/aromatic N) is 4. The normalized spacial score (nSPS) is 23.6. The van der Waals surface area contributed by atoms with Crippen molar-refractivity contribution in [3.8, 4) is 0 Å². The van der Waals surface area contributed by atoms with E-state index in [9.17, 15) is 14.4 Å². The number of carbonyl (C=O) groups excluding carboxylic acids is 3. The third-order valence-corrected chi connectivity index (χ3v) is 5.30. The molecule has 3 amide bonds. The second-order valence-electron chi connectivity index (χ2n) is 6.84. The van der Waals surface area contributed by atoms with Gasteiger partial charge in [-0.1, -0.05) is 0 Å². The van der Waals surface area contributed by atoms with Gasteiger partial charge in [-0.05, 0) is 45.0 Å². The molecule has 146 valence electrons. The highest BCUT2D eigenvalue weighted by molar-refractivity contribution is 6.10. The molecule has 9 heteroatoms. The quantitative estimate of drug-likeness (QED) is 0.795. The van der Waals surface area contributed by atoms with Gasteiger partial charge >= 0.3 is 12.0 Å². The van der Waals surface area contributed by atoms with Crippen LogP contribution in [0.1, 0.15) is 31.1 Å². The van der Waals surface area contributed by atoms with E-state index < -0.39 is 18.2 Å². The van der Waals surface area contributed by atoms with Gasteiger partial charge in [0.05, 0.1) is 12.2 Å². The fourth-order valence-corrected chi connectivity index (χ4v) is 3.73. The smallest absolute Gasteiger partial charge is 0.338 e. The highest BCUT2D eigenvalue weighted by atomic mass is 16.5. The summed E-state index contributed by atoms with van der Waals surface area (Å²) in [5, 5.41) is 2.38. The zero-order chi connectivity index (χ0) is 20.2. The molecule has 1 fully saturated rings. The van der Waals surface area contributed by atoms with Gasteiger partial charge in [-0.2, -0.15) is 0 Å². The van der Waals surface area contributed by atoms with Crippen LogP contribution in [0.25, 0.3) is 0 Å². The molecule has 3 heterocycles. The van der Waals surface area contributed by atoms with Gasteiger partial charge in [0, 0.05) is 24.1 Å². The summed E-state index contributed by atoms with van der Waals surface area (Å²) in [6.45, 7) is 5.94. The Balaban J connectivity index is 1.70. The number of anilines is 1. The van der Waals surface area contributed by atoms with Gasteiger partial charge in [0.25, 0.3) is 5.91 Å². The van der Waals surface area contributed by atoms with Crippen molar-refractivity contribution < 1.29 is 19.1 Å². The van der Waals surface area contributed by atoms with Crippen LogP contribution in [0.2, 0.25) is 0 Å². The molecule has 4 rings (SSSR count). The van der Waals surface area contributed by atoms with Gasteiger partial charge < -0.3 is 9.64 Å². The lowest BCUT2D eigenvalue weighted by Crippen LogP contribution is -2.63. The second kappa shape index (κ2) is 6.36. The molecule has 0 bridgehead atoms. The number of nitrogens with one attached hydrogen (secondary N) is 1. The molecule has 9 nitrogen and oxygen atoms in total. The number of allylic oxidation sites excluding steroid dienone is 2. The van der Waals surface area contributed by atoms with Gasteiger partial charge in [-0.25, -0.2) is 14.6 Å². The van der Waals surface area contributed by atoms with E-state index in [4.69, 9.17) is 4.74 Å². The van der Waals surface area contributed by atoms with Crippen LogP contribution in [0.4, 0.5) is 10.5 Å². The summed E-state index contributed by atoms with van der Waals surface area (Å²) in [6.07, 6.45) is -0.583. The van der Waals surface area contributed by atoms with E-state index in [0.717, 1.165) is 17.1 Å². The molecule has 2 unspecified atom stereocenters. The van der Waals surface area contributed by atoms with Crippen LogP contribution in [-0.4, -0.2) is 59.5 Å². The Bertz CT molecular complexity index is 936. The molecular formula is C19H21N5O4. The zero-order valence-electron chi connectivity index (χ0n) is 16.1. The predicted octanol–water partition coefficient (Wildman–Crippen LogP) is 1.48. The molecule has 0 aromatic heterocycles. The first-order valence-corrected chi connectivity index (χ1v) is 9.04. The number of imide groups is 1. The lowest BCUT2D eigenvalue weighted by molar-refractivity contribution is -0.126. The Morgan fingerprint density at radius 1 is 1.18 bits per heavy atom. The number of amides is 3. The fraction of sp³-hybridized carbons (Fsp3) is 0.368. The summed E-state index contributed by atoms with van der Waals surface area (Å²) in [4.78, 5) is 46.2. The number of urea groups is 1. The van der Waals surface area contributed by atoms with E-state index in [2.05, 4.69) is 10.3 Å². The van der Waals surface area contributed by atoms with Gasteiger partial charge in [-0.3, -0.25) is 19.9 Å². The number of hydrogen-bond acceptors (Lipinski definition) is 7. The Kier molecular flexibility index (Phi) is 4.10. The van der Waals surface area contributed by atoms with Crippen LogP contribution in [0.15, 0.2) is 40.7 Å². The Morgan fingerprint density at radius 2 is 1.86 bits per heavy atom. The van der Waals surface area contributed by atoms with E-state index >= 15 is 0 Å². The number of carbonyl (C=O) groups is 3. The summed E-state index contributed by atoms with van der Waals surface area (Å²) < 4.78 is 5.02. The summed E-state index contributed by atoms with van der Waals surface area (Å²) in [6, 6.07) is 5.96. The maximum absolute atomic E-state index is 12.5. The van der Waals surface area contributed by atoms with Crippen LogP contribution >= 0.6 is 0 Å². The number of ether oxygens (including phenoxy) is 1. The number of rotatable bonds is 3. The van der Waals surface area contributed by atoms with Crippen LogP contribution in [-0.2, 0) is 9.53 Å². The van der Waals surface area contributed by atoms with Crippen LogP contribution in [0, 0.1) is 0 Å². The van der Waals surface area contributed by atoms with Gasteiger partial charge in [0.2, 0.25) is 5.96 Å². The molecule has 0 aliphatic carbocycles. The van der Waals surface area contributed by atoms with Gasteiger partial charge in [-0.15, -0.1) is 0 Å². The van der Waals surface area contributed by atoms with Crippen molar-refractivity contribution in [2.45, 2.75) is 33.0 Å². The molecule has 3 aliphatic heterocycles. The minimum Gasteiger partial charge on any atom is -0.462 e. The standard InChI is InChI=1S/C19H21N5O4/c1-5-28-17(26)12-6-8-13(9-7-12)23-10(2)11(3)24-14-15(20-18(23)24)22(4)19(27)21-16(14)25/h6-9,14-15H,5H2,1-4H3,(H,21,25,27). The molecule has 2 atom stereocenters. The SMILES string of the molecule is CCOC(=O)c1ccc(N2C3=NC4C(C(=O)NC(=O)N4C)N3C(C)=C2C)cc1. The average molecular weight is 383 g/mol. The molecule has 0 radical (unpaired) electrons. The Hall–Kier alpha value is -3.36. The number of benzene rings is 1. The van der Waals surface area contributed by atoms with E-state index in [0.29, 0.717) is 18.1 Å². The Labute approximate surface area is 162 Å². The third kappa shape index (κ3) is 2.46. The van der Waals surface area contributed by atoms with Crippen molar-refractivity contribution >= 4 is 29.6 Å². The number of fused-ring (bicyclic) bond motifs is 3. The molecule has 28 heavy (non-hydrogen) atoms. The zero-order valence-corrected chi connectivity index (χ0v) is 16.1. The molecule has 1 saturated heterocycles. The van der Waals surface area contributed by atoms with Crippen molar-refractivity contribution in [3.63, 3.8) is 0 Å². The molecular weight excluding hydrogens is 362 g/mol. The Morgan fingerprint density at radius 3 is 2.50 bits per heavy atom. The van der Waals surface area contributed by atoms with Crippen molar-refractivity contribution in [1.82, 2.24) is 15.1 Å². The highest BCUT2D eigenvalue weighted by Gasteiger charge is 2.53. The minimum absolute atomic E-state index is 0.316. The average Bonchev–Trinajstić information content (AvgIpc) is 3.17. The lowest BCUT2D eigenvalue weighted by atomic mass is 10.1. The number of hydrogen-bond donors (Lipinski definition) is 1. The van der Waals surface area contributed by atoms with E-state index in [1.807, 2.05) is 35.8 Å². The summed E-state index contributed by atoms with van der Waals surface area (Å²) >= 11 is 0. The maximum atomic E-state index is 12.5. The van der Waals surface area contributed by atoms with Crippen molar-refractivity contribution in [2.75, 3.05) is 18.6 Å². The van der Waals surface area contributed by atoms with Crippen molar-refractivity contribution in [3.05, 3.63) is 41.2 Å². The number of esters is 1. The third-order valence-electron chi connectivity index (χ3n) is 5.30. The topological polar surface area (TPSA) is 94.5 Å². The van der Waals surface area contributed by atoms with E-state index in [-0.39, 0.29) is 11.9 Å². The number of aliphatic imine (C=N–C) groups is 1. The lowest BCUT2D eigenvalue weighted by Gasteiger charge is -2.35. The van der Waals surface area contributed by atoms with Crippen LogP contribution in [0.3, 0.4) is 0 Å². The van der Waals surface area contributed by atoms with Crippen molar-refractivity contribution in [1.29, 1.82) is 0 Å². The summed E-state index contributed by atoms with van der Waals surface area (Å²) in [5.41, 5.74) is 3.08. The van der Waals surface area contributed by atoms with Crippen LogP contribution < -0.4 is 10.2 Å². The molecule has 1 N–H and O–H groups in total. The number of likely N-dealkylation sites (N-methyl/N-ethyl adjacent to an activating group) is 1. The monoisotopic (exact) mass is 383 g/mol. The van der Waals surface area contributed by atoms with Crippen molar-refractivity contribution in [2.24, 2.45) is 4.99 Å². The largest absolute Gasteiger partial charge is 0.462 e. The van der Waals surface area contributed by atoms with E-state index in [1.54, 1.807) is 26.1 Å². The van der Waals surface area contributed by atoms with Gasteiger partial charge in [0.15, 0.2) is 12.2 Å². The van der Waals surface area contributed by atoms with Gasteiger partial charge in [0.1, 0.15) is 0 Å². The summed E-state index contributed by atoms with van der Waals surface area (Å²) in [5.74, 6) is -0.148.